The molecule has 0 heterocycles. The molecule has 3 aromatic carbocycles. The Kier molecular flexibility index (Phi) is 6.23. The number of para-hydroxylation sites is 1. The fourth-order valence-electron chi connectivity index (χ4n) is 2.84. The number of ether oxygens (including phenoxy) is 1. The molecule has 0 aliphatic carbocycles. The highest BCUT2D eigenvalue weighted by molar-refractivity contribution is 5.82. The van der Waals surface area contributed by atoms with Crippen LogP contribution in [0.25, 0.3) is 0 Å². The Morgan fingerprint density at radius 1 is 0.889 bits per heavy atom. The van der Waals surface area contributed by atoms with Gasteiger partial charge in [-0.25, -0.2) is 0 Å². The summed E-state index contributed by atoms with van der Waals surface area (Å²) in [5.41, 5.74) is 3.08. The lowest BCUT2D eigenvalue weighted by atomic mass is 9.97. The van der Waals surface area contributed by atoms with E-state index in [0.29, 0.717) is 5.75 Å². The Morgan fingerprint density at radius 3 is 2.04 bits per heavy atom. The molecule has 3 aromatic rings. The maximum absolute atomic E-state index is 12.8. The van der Waals surface area contributed by atoms with Gasteiger partial charge in [-0.2, -0.15) is 0 Å². The first-order valence-corrected chi connectivity index (χ1v) is 8.92. The molecule has 2 N–H and O–H groups in total. The number of rotatable bonds is 7. The van der Waals surface area contributed by atoms with E-state index in [9.17, 15) is 9.90 Å². The summed E-state index contributed by atoms with van der Waals surface area (Å²) >= 11 is 0. The summed E-state index contributed by atoms with van der Waals surface area (Å²) in [6.45, 7) is 1.62. The van der Waals surface area contributed by atoms with E-state index in [2.05, 4.69) is 5.32 Å². The first-order valence-electron chi connectivity index (χ1n) is 8.92. The normalized spacial score (nSPS) is 12.8. The van der Waals surface area contributed by atoms with Crippen molar-refractivity contribution < 1.29 is 14.6 Å². The van der Waals surface area contributed by atoms with Crippen molar-refractivity contribution in [1.29, 1.82) is 0 Å². The quantitative estimate of drug-likeness (QED) is 0.675. The Hall–Kier alpha value is -3.11. The molecule has 1 amide bonds. The van der Waals surface area contributed by atoms with Crippen molar-refractivity contribution in [3.05, 3.63) is 102 Å². The molecule has 4 heteroatoms. The number of carbonyl (C=O) groups is 1. The van der Waals surface area contributed by atoms with Gasteiger partial charge < -0.3 is 15.2 Å². The zero-order chi connectivity index (χ0) is 19.1. The maximum Gasteiger partial charge on any atom is 0.264 e. The van der Waals surface area contributed by atoms with Crippen LogP contribution in [-0.4, -0.2) is 23.7 Å². The smallest absolute Gasteiger partial charge is 0.264 e. The van der Waals surface area contributed by atoms with Crippen molar-refractivity contribution in [2.45, 2.75) is 19.1 Å². The van der Waals surface area contributed by atoms with Gasteiger partial charge in [0.05, 0.1) is 12.6 Å². The Morgan fingerprint density at radius 2 is 1.44 bits per heavy atom. The largest absolute Gasteiger partial charge is 0.478 e. The van der Waals surface area contributed by atoms with E-state index in [1.807, 2.05) is 79.7 Å². The number of amides is 1. The third kappa shape index (κ3) is 4.96. The average Bonchev–Trinajstić information content (AvgIpc) is 2.72. The number of aryl methyl sites for hydroxylation is 1. The molecular formula is C23H23NO3. The summed E-state index contributed by atoms with van der Waals surface area (Å²) in [4.78, 5) is 12.8. The van der Waals surface area contributed by atoms with Gasteiger partial charge in [-0.3, -0.25) is 4.79 Å². The molecular weight excluding hydrogens is 338 g/mol. The summed E-state index contributed by atoms with van der Waals surface area (Å²) in [5, 5.41) is 12.7. The third-order valence-corrected chi connectivity index (χ3v) is 4.31. The summed E-state index contributed by atoms with van der Waals surface area (Å²) in [6.07, 6.45) is -0.982. The van der Waals surface area contributed by atoms with Gasteiger partial charge in [-0.15, -0.1) is 0 Å². The van der Waals surface area contributed by atoms with E-state index in [0.717, 1.165) is 16.7 Å². The molecule has 4 nitrogen and oxygen atoms in total. The van der Waals surface area contributed by atoms with Crippen LogP contribution in [-0.2, 0) is 4.79 Å². The van der Waals surface area contributed by atoms with E-state index in [1.165, 1.54) is 0 Å². The molecule has 0 aliphatic rings. The summed E-state index contributed by atoms with van der Waals surface area (Å²) in [5.74, 6) is 0.175. The van der Waals surface area contributed by atoms with Gasteiger partial charge in [0, 0.05) is 0 Å². The molecule has 0 saturated heterocycles. The average molecular weight is 361 g/mol. The van der Waals surface area contributed by atoms with E-state index >= 15 is 0 Å². The van der Waals surface area contributed by atoms with E-state index in [4.69, 9.17) is 4.74 Å². The number of hydrogen-bond donors (Lipinski definition) is 2. The predicted octanol–water partition coefficient (Wildman–Crippen LogP) is 3.64. The molecule has 0 bridgehead atoms. The standard InChI is InChI=1S/C23H23NO3/c1-17-12-14-19(15-13-17)22(18-8-4-2-5-9-18)24-23(26)21(16-25)27-20-10-6-3-7-11-20/h2-15,21-22,25H,16H2,1H3,(H,24,26). The van der Waals surface area contributed by atoms with Crippen LogP contribution in [0.15, 0.2) is 84.9 Å². The molecule has 0 saturated carbocycles. The van der Waals surface area contributed by atoms with Crippen molar-refractivity contribution in [1.82, 2.24) is 5.32 Å². The number of aliphatic hydroxyl groups is 1. The van der Waals surface area contributed by atoms with Crippen molar-refractivity contribution in [3.8, 4) is 5.75 Å². The van der Waals surface area contributed by atoms with Crippen LogP contribution in [0.4, 0.5) is 0 Å². The van der Waals surface area contributed by atoms with Gasteiger partial charge >= 0.3 is 0 Å². The van der Waals surface area contributed by atoms with Crippen LogP contribution >= 0.6 is 0 Å². The highest BCUT2D eigenvalue weighted by Gasteiger charge is 2.24. The minimum Gasteiger partial charge on any atom is -0.478 e. The van der Waals surface area contributed by atoms with Crippen molar-refractivity contribution in [3.63, 3.8) is 0 Å². The van der Waals surface area contributed by atoms with Crippen LogP contribution in [0, 0.1) is 6.92 Å². The second-order valence-corrected chi connectivity index (χ2v) is 6.37. The van der Waals surface area contributed by atoms with E-state index < -0.39 is 12.7 Å². The van der Waals surface area contributed by atoms with Crippen molar-refractivity contribution >= 4 is 5.91 Å². The molecule has 27 heavy (non-hydrogen) atoms. The fraction of sp³-hybridized carbons (Fsp3) is 0.174. The van der Waals surface area contributed by atoms with Gasteiger partial charge in [0.2, 0.25) is 0 Å². The number of benzene rings is 3. The molecule has 2 atom stereocenters. The first kappa shape index (κ1) is 18.7. The molecule has 0 aliphatic heterocycles. The molecule has 0 radical (unpaired) electrons. The van der Waals surface area contributed by atoms with Crippen LogP contribution in [0.5, 0.6) is 5.75 Å². The summed E-state index contributed by atoms with van der Waals surface area (Å²) in [6, 6.07) is 26.5. The number of nitrogens with one attached hydrogen (secondary N) is 1. The Bertz CT molecular complexity index is 848. The van der Waals surface area contributed by atoms with Gasteiger partial charge in [-0.1, -0.05) is 78.4 Å². The van der Waals surface area contributed by atoms with Crippen LogP contribution < -0.4 is 10.1 Å². The molecule has 0 fully saturated rings. The number of hydrogen-bond acceptors (Lipinski definition) is 3. The van der Waals surface area contributed by atoms with Crippen molar-refractivity contribution in [2.24, 2.45) is 0 Å². The topological polar surface area (TPSA) is 58.6 Å². The predicted molar refractivity (Wildman–Crippen MR) is 106 cm³/mol. The SMILES string of the molecule is Cc1ccc(C(NC(=O)C(CO)Oc2ccccc2)c2ccccc2)cc1. The molecule has 2 unspecified atom stereocenters. The zero-order valence-electron chi connectivity index (χ0n) is 15.2. The zero-order valence-corrected chi connectivity index (χ0v) is 15.2. The van der Waals surface area contributed by atoms with Gasteiger partial charge in [0.1, 0.15) is 5.75 Å². The van der Waals surface area contributed by atoms with Gasteiger partial charge in [-0.05, 0) is 30.2 Å². The second-order valence-electron chi connectivity index (χ2n) is 6.37. The highest BCUT2D eigenvalue weighted by atomic mass is 16.5. The molecule has 0 aromatic heterocycles. The van der Waals surface area contributed by atoms with E-state index in [1.54, 1.807) is 12.1 Å². The number of aliphatic hydroxyl groups excluding tert-OH is 1. The second kappa shape index (κ2) is 9.01. The van der Waals surface area contributed by atoms with Gasteiger partial charge in [0.25, 0.3) is 5.91 Å². The van der Waals surface area contributed by atoms with Crippen LogP contribution in [0.2, 0.25) is 0 Å². The molecule has 138 valence electrons. The van der Waals surface area contributed by atoms with Crippen LogP contribution in [0.1, 0.15) is 22.7 Å². The minimum atomic E-state index is -0.982. The highest BCUT2D eigenvalue weighted by Crippen LogP contribution is 2.23. The summed E-state index contributed by atoms with van der Waals surface area (Å²) in [7, 11) is 0. The fourth-order valence-corrected chi connectivity index (χ4v) is 2.84. The van der Waals surface area contributed by atoms with Crippen molar-refractivity contribution in [2.75, 3.05) is 6.61 Å². The number of carbonyl (C=O) groups excluding carboxylic acids is 1. The molecule has 3 rings (SSSR count). The third-order valence-electron chi connectivity index (χ3n) is 4.31. The van der Waals surface area contributed by atoms with E-state index in [-0.39, 0.29) is 11.9 Å². The lowest BCUT2D eigenvalue weighted by Gasteiger charge is -2.23. The molecule has 0 spiro atoms. The Balaban J connectivity index is 1.82. The maximum atomic E-state index is 12.8. The lowest BCUT2D eigenvalue weighted by Crippen LogP contribution is -2.42. The lowest BCUT2D eigenvalue weighted by molar-refractivity contribution is -0.130. The summed E-state index contributed by atoms with van der Waals surface area (Å²) < 4.78 is 5.66. The van der Waals surface area contributed by atoms with Crippen LogP contribution in [0.3, 0.4) is 0 Å². The van der Waals surface area contributed by atoms with Gasteiger partial charge in [0.15, 0.2) is 6.10 Å². The Labute approximate surface area is 159 Å². The monoisotopic (exact) mass is 361 g/mol. The first-order chi connectivity index (χ1) is 13.2. The minimum absolute atomic E-state index is 0.326.